The second-order valence-corrected chi connectivity index (χ2v) is 14.1. The van der Waals surface area contributed by atoms with E-state index in [0.717, 1.165) is 30.8 Å². The monoisotopic (exact) mass is 572 g/mol. The van der Waals surface area contributed by atoms with Gasteiger partial charge in [-0.25, -0.2) is 0 Å². The summed E-state index contributed by atoms with van der Waals surface area (Å²) < 4.78 is 23.1. The predicted molar refractivity (Wildman–Crippen MR) is 161 cm³/mol. The van der Waals surface area contributed by atoms with Crippen molar-refractivity contribution in [3.05, 3.63) is 70.8 Å². The number of rotatable bonds is 10. The second kappa shape index (κ2) is 10.6. The fourth-order valence-electron chi connectivity index (χ4n) is 8.82. The lowest BCUT2D eigenvalue weighted by Gasteiger charge is -2.30. The molecule has 0 N–H and O–H groups in total. The third kappa shape index (κ3) is 4.76. The quantitative estimate of drug-likeness (QED) is 0.189. The molecule has 42 heavy (non-hydrogen) atoms. The summed E-state index contributed by atoms with van der Waals surface area (Å²) in [6, 6.07) is 13.0. The Morgan fingerprint density at radius 3 is 1.79 bits per heavy atom. The largest absolute Gasteiger partial charge is 0.491 e. The summed E-state index contributed by atoms with van der Waals surface area (Å²) in [5.74, 6) is 1.11. The first-order valence-electron chi connectivity index (χ1n) is 15.4. The molecule has 2 bridgehead atoms. The van der Waals surface area contributed by atoms with Crippen LogP contribution in [0.2, 0.25) is 0 Å². The van der Waals surface area contributed by atoms with Gasteiger partial charge in [0.1, 0.15) is 37.1 Å². The zero-order valence-electron chi connectivity index (χ0n) is 25.8. The average molecular weight is 573 g/mol. The van der Waals surface area contributed by atoms with E-state index in [-0.39, 0.29) is 64.9 Å². The van der Waals surface area contributed by atoms with Crippen molar-refractivity contribution in [1.82, 2.24) is 0 Å². The van der Waals surface area contributed by atoms with Crippen molar-refractivity contribution >= 4 is 11.8 Å². The first-order chi connectivity index (χ1) is 20.0. The van der Waals surface area contributed by atoms with E-state index in [0.29, 0.717) is 13.2 Å². The van der Waals surface area contributed by atoms with Gasteiger partial charge in [0, 0.05) is 18.4 Å². The van der Waals surface area contributed by atoms with E-state index in [1.54, 1.807) is 14.0 Å². The highest BCUT2D eigenvalue weighted by atomic mass is 16.6. The topological polar surface area (TPSA) is 71.1 Å². The molecule has 1 fully saturated rings. The number of ketones is 1. The van der Waals surface area contributed by atoms with E-state index in [9.17, 15) is 9.59 Å². The Morgan fingerprint density at radius 2 is 1.26 bits per heavy atom. The maximum Gasteiger partial charge on any atom is 0.310 e. The predicted octanol–water partition coefficient (Wildman–Crippen LogP) is 6.31. The minimum atomic E-state index is -0.367. The highest BCUT2D eigenvalue weighted by Crippen LogP contribution is 2.63. The number of ether oxygens (including phenoxy) is 4. The number of hydrogen-bond donors (Lipinski definition) is 0. The van der Waals surface area contributed by atoms with Gasteiger partial charge in [-0.1, -0.05) is 52.0 Å². The highest BCUT2D eigenvalue weighted by Gasteiger charge is 2.56. The fourth-order valence-corrected chi connectivity index (χ4v) is 8.82. The van der Waals surface area contributed by atoms with Gasteiger partial charge in [0.05, 0.1) is 12.5 Å². The molecule has 0 heterocycles. The van der Waals surface area contributed by atoms with Gasteiger partial charge in [-0.15, -0.1) is 0 Å². The van der Waals surface area contributed by atoms with Crippen LogP contribution >= 0.6 is 0 Å². The lowest BCUT2D eigenvalue weighted by molar-refractivity contribution is -0.153. The summed E-state index contributed by atoms with van der Waals surface area (Å²) in [6.45, 7) is 12.4. The van der Waals surface area contributed by atoms with Crippen molar-refractivity contribution < 1.29 is 28.5 Å². The third-order valence-corrected chi connectivity index (χ3v) is 10.3. The molecule has 1 saturated carbocycles. The van der Waals surface area contributed by atoms with Crippen molar-refractivity contribution in [2.45, 2.75) is 70.1 Å². The number of benzene rings is 2. The molecule has 2 aromatic carbocycles. The Labute approximate surface area is 249 Å². The Bertz CT molecular complexity index is 1420. The average Bonchev–Trinajstić information content (AvgIpc) is 3.66. The summed E-state index contributed by atoms with van der Waals surface area (Å²) in [6.07, 6.45) is 7.07. The zero-order chi connectivity index (χ0) is 29.9. The Kier molecular flexibility index (Phi) is 7.28. The van der Waals surface area contributed by atoms with Crippen LogP contribution in [0.15, 0.2) is 48.6 Å². The molecular weight excluding hydrogens is 528 g/mol. The van der Waals surface area contributed by atoms with Crippen LogP contribution in [0.5, 0.6) is 11.5 Å². The van der Waals surface area contributed by atoms with E-state index in [4.69, 9.17) is 18.9 Å². The fraction of sp³-hybridized carbons (Fsp3) is 0.556. The van der Waals surface area contributed by atoms with Gasteiger partial charge in [-0.2, -0.15) is 0 Å². The Morgan fingerprint density at radius 1 is 0.738 bits per heavy atom. The molecule has 5 atom stereocenters. The van der Waals surface area contributed by atoms with Crippen molar-refractivity contribution in [3.8, 4) is 11.5 Å². The van der Waals surface area contributed by atoms with Crippen LogP contribution in [-0.4, -0.2) is 45.3 Å². The van der Waals surface area contributed by atoms with E-state index in [1.807, 2.05) is 6.07 Å². The van der Waals surface area contributed by atoms with Gasteiger partial charge in [-0.05, 0) is 95.4 Å². The number of carbonyl (C=O) groups is 2. The minimum Gasteiger partial charge on any atom is -0.491 e. The normalized spacial score (nSPS) is 29.0. The van der Waals surface area contributed by atoms with Crippen molar-refractivity contribution in [1.29, 1.82) is 0 Å². The van der Waals surface area contributed by atoms with Crippen molar-refractivity contribution in [2.24, 2.45) is 23.7 Å². The Balaban J connectivity index is 1.20. The SMILES string of the molecule is COCCOc1ccc2c(c1)C1(CC2(C)C)CC(C)(C)c2ccc(OCCOC(=O)C3C4C=CC(C4)C3C(C)=O)cc21. The van der Waals surface area contributed by atoms with Crippen LogP contribution < -0.4 is 9.47 Å². The van der Waals surface area contributed by atoms with Gasteiger partial charge in [0.2, 0.25) is 0 Å². The van der Waals surface area contributed by atoms with E-state index in [1.165, 1.54) is 22.3 Å². The van der Waals surface area contributed by atoms with E-state index < -0.39 is 0 Å². The molecular formula is C36H44O6. The lowest BCUT2D eigenvalue weighted by atomic mass is 9.72. The number of methoxy groups -OCH3 is 1. The van der Waals surface area contributed by atoms with Crippen LogP contribution in [-0.2, 0) is 35.3 Å². The molecule has 1 spiro atoms. The highest BCUT2D eigenvalue weighted by molar-refractivity contribution is 5.87. The lowest BCUT2D eigenvalue weighted by Crippen LogP contribution is -2.33. The molecule has 6 heteroatoms. The first-order valence-corrected chi connectivity index (χ1v) is 15.4. The molecule has 0 saturated heterocycles. The van der Waals surface area contributed by atoms with Gasteiger partial charge < -0.3 is 18.9 Å². The second-order valence-electron chi connectivity index (χ2n) is 14.1. The first kappa shape index (κ1) is 29.0. The molecule has 5 unspecified atom stereocenters. The van der Waals surface area contributed by atoms with Crippen molar-refractivity contribution in [2.75, 3.05) is 33.5 Å². The summed E-state index contributed by atoms with van der Waals surface area (Å²) in [4.78, 5) is 25.2. The smallest absolute Gasteiger partial charge is 0.310 e. The zero-order valence-corrected chi connectivity index (χ0v) is 25.8. The Hall–Kier alpha value is -3.12. The number of allylic oxidation sites excluding steroid dienone is 2. The molecule has 224 valence electrons. The summed E-state index contributed by atoms with van der Waals surface area (Å²) in [5.41, 5.74) is 5.30. The summed E-state index contributed by atoms with van der Waals surface area (Å²) in [5, 5.41) is 0. The number of carbonyl (C=O) groups excluding carboxylic acids is 2. The van der Waals surface area contributed by atoms with Gasteiger partial charge in [0.25, 0.3) is 0 Å². The molecule has 0 radical (unpaired) electrons. The number of Topliss-reactive ketones (excluding diaryl/α,β-unsaturated/α-hetero) is 1. The molecule has 6 rings (SSSR count). The van der Waals surface area contributed by atoms with Crippen LogP contribution in [0, 0.1) is 23.7 Å². The third-order valence-electron chi connectivity index (χ3n) is 10.3. The van der Waals surface area contributed by atoms with E-state index >= 15 is 0 Å². The standard InChI is InChI=1S/C36H44O6/c1-22(37)31-23-7-8-24(17-23)32(31)33(38)42-16-15-41-26-10-12-28-30(19-26)36(21-35(28,4)5)20-34(2,3)27-11-9-25(18-29(27)36)40-14-13-39-6/h7-12,18-19,23-24,31-32H,13-17,20-21H2,1-6H3. The van der Waals surface area contributed by atoms with Crippen LogP contribution in [0.25, 0.3) is 0 Å². The van der Waals surface area contributed by atoms with Gasteiger partial charge in [-0.3, -0.25) is 9.59 Å². The van der Waals surface area contributed by atoms with E-state index in [2.05, 4.69) is 70.2 Å². The molecule has 0 aliphatic heterocycles. The molecule has 6 nitrogen and oxygen atoms in total. The van der Waals surface area contributed by atoms with Crippen LogP contribution in [0.4, 0.5) is 0 Å². The molecule has 2 aromatic rings. The number of hydrogen-bond acceptors (Lipinski definition) is 6. The van der Waals surface area contributed by atoms with Gasteiger partial charge >= 0.3 is 5.97 Å². The van der Waals surface area contributed by atoms with Crippen LogP contribution in [0.3, 0.4) is 0 Å². The van der Waals surface area contributed by atoms with Crippen LogP contribution in [0.1, 0.15) is 76.1 Å². The molecule has 0 aromatic heterocycles. The van der Waals surface area contributed by atoms with Gasteiger partial charge in [0.15, 0.2) is 0 Å². The molecule has 0 amide bonds. The molecule has 4 aliphatic carbocycles. The minimum absolute atomic E-state index is 0.0103. The summed E-state index contributed by atoms with van der Waals surface area (Å²) >= 11 is 0. The maximum atomic E-state index is 13.0. The maximum absolute atomic E-state index is 13.0. The van der Waals surface area contributed by atoms with Crippen molar-refractivity contribution in [3.63, 3.8) is 0 Å². The number of fused-ring (bicyclic) bond motifs is 6. The number of esters is 1. The molecule has 4 aliphatic rings. The summed E-state index contributed by atoms with van der Waals surface area (Å²) in [7, 11) is 1.69.